The maximum Gasteiger partial charge on any atom is 0.416 e. The first kappa shape index (κ1) is 27.0. The van der Waals surface area contributed by atoms with E-state index in [-0.39, 0.29) is 24.1 Å². The van der Waals surface area contributed by atoms with Crippen LogP contribution in [0, 0.1) is 5.92 Å². The Morgan fingerprint density at radius 1 is 0.972 bits per heavy atom. The number of hydrogen-bond donors (Lipinski definition) is 0. The second kappa shape index (κ2) is 11.4. The van der Waals surface area contributed by atoms with E-state index in [9.17, 15) is 26.4 Å². The fourth-order valence-electron chi connectivity index (χ4n) is 3.38. The quantitative estimate of drug-likeness (QED) is 0.252. The topological polar surface area (TPSA) is 63.7 Å². The smallest absolute Gasteiger partial charge is 0.379 e. The minimum absolute atomic E-state index is 0.0538. The number of carbonyl (C=O) groups excluding carboxylic acids is 1. The Morgan fingerprint density at radius 3 is 2.25 bits per heavy atom. The maximum atomic E-state index is 12.9. The number of nitrogens with zero attached hydrogens (tertiary/aromatic N) is 1. The van der Waals surface area contributed by atoms with Crippen molar-refractivity contribution in [3.63, 3.8) is 0 Å². The van der Waals surface area contributed by atoms with Gasteiger partial charge in [0.05, 0.1) is 5.56 Å². The van der Waals surface area contributed by atoms with Crippen LogP contribution in [-0.2, 0) is 27.6 Å². The Hall–Kier alpha value is -3.59. The lowest BCUT2D eigenvalue weighted by atomic mass is 10.1. The van der Waals surface area contributed by atoms with Crippen LogP contribution in [-0.4, -0.2) is 25.8 Å². The predicted octanol–water partition coefficient (Wildman–Crippen LogP) is 6.17. The van der Waals surface area contributed by atoms with E-state index in [2.05, 4.69) is 0 Å². The zero-order valence-electron chi connectivity index (χ0n) is 19.8. The summed E-state index contributed by atoms with van der Waals surface area (Å²) in [7, 11) is -4.47. The zero-order valence-corrected chi connectivity index (χ0v) is 20.6. The second-order valence-corrected chi connectivity index (χ2v) is 10.1. The molecule has 3 aromatic rings. The van der Waals surface area contributed by atoms with Crippen LogP contribution in [0.1, 0.15) is 30.5 Å². The van der Waals surface area contributed by atoms with Crippen molar-refractivity contribution in [2.45, 2.75) is 31.5 Å². The summed E-state index contributed by atoms with van der Waals surface area (Å²) < 4.78 is 68.8. The van der Waals surface area contributed by atoms with Gasteiger partial charge in [-0.2, -0.15) is 21.6 Å². The van der Waals surface area contributed by atoms with Crippen LogP contribution in [0.3, 0.4) is 0 Å². The van der Waals surface area contributed by atoms with E-state index in [1.54, 1.807) is 23.1 Å². The second-order valence-electron chi connectivity index (χ2n) is 8.56. The van der Waals surface area contributed by atoms with Crippen LogP contribution in [0.4, 0.5) is 13.2 Å². The monoisotopic (exact) mass is 517 g/mol. The minimum Gasteiger partial charge on any atom is -0.379 e. The lowest BCUT2D eigenvalue weighted by Crippen LogP contribution is -2.32. The maximum absolute atomic E-state index is 12.9. The lowest BCUT2D eigenvalue weighted by molar-refractivity contribution is -0.137. The van der Waals surface area contributed by atoms with E-state index >= 15 is 0 Å². The normalized spacial score (nSPS) is 12.2. The van der Waals surface area contributed by atoms with Crippen LogP contribution in [0.15, 0.2) is 89.8 Å². The molecule has 9 heteroatoms. The van der Waals surface area contributed by atoms with Gasteiger partial charge in [-0.1, -0.05) is 62.4 Å². The SMILES string of the molecule is CC(C)CN(Cc1ccc(OS(=O)(=O)c2cccc(C(F)(F)F)c2)cc1)C(=O)C=Cc1ccccc1. The summed E-state index contributed by atoms with van der Waals surface area (Å²) in [6.45, 7) is 4.80. The van der Waals surface area contributed by atoms with Gasteiger partial charge in [-0.15, -0.1) is 0 Å². The third-order valence-corrected chi connectivity index (χ3v) is 6.31. The fraction of sp³-hybridized carbons (Fsp3) is 0.222. The van der Waals surface area contributed by atoms with Crippen molar-refractivity contribution in [1.29, 1.82) is 0 Å². The Kier molecular flexibility index (Phi) is 8.57. The van der Waals surface area contributed by atoms with Gasteiger partial charge in [-0.05, 0) is 53.5 Å². The van der Waals surface area contributed by atoms with E-state index < -0.39 is 26.8 Å². The Bertz CT molecular complexity index is 1300. The fourth-order valence-corrected chi connectivity index (χ4v) is 4.36. The summed E-state index contributed by atoms with van der Waals surface area (Å²) >= 11 is 0. The number of hydrogen-bond acceptors (Lipinski definition) is 4. The van der Waals surface area contributed by atoms with E-state index in [1.165, 1.54) is 18.2 Å². The first-order valence-electron chi connectivity index (χ1n) is 11.2. The Balaban J connectivity index is 1.71. The van der Waals surface area contributed by atoms with E-state index in [4.69, 9.17) is 4.18 Å². The molecule has 0 bridgehead atoms. The molecule has 1 amide bonds. The van der Waals surface area contributed by atoms with E-state index in [0.717, 1.165) is 29.3 Å². The van der Waals surface area contributed by atoms with Crippen molar-refractivity contribution in [1.82, 2.24) is 4.90 Å². The molecule has 3 aromatic carbocycles. The highest BCUT2D eigenvalue weighted by Crippen LogP contribution is 2.31. The van der Waals surface area contributed by atoms with Crippen LogP contribution in [0.5, 0.6) is 5.75 Å². The standard InChI is InChI=1S/C27H26F3NO4S/c1-20(2)18-31(26(32)16-13-21-7-4-3-5-8-21)19-22-11-14-24(15-12-22)35-36(33,34)25-10-6-9-23(17-25)27(28,29)30/h3-17,20H,18-19H2,1-2H3. The van der Waals surface area contributed by atoms with E-state index in [0.29, 0.717) is 12.6 Å². The molecule has 0 unspecified atom stereocenters. The number of benzene rings is 3. The van der Waals surface area contributed by atoms with Gasteiger partial charge in [0, 0.05) is 19.2 Å². The molecular weight excluding hydrogens is 491 g/mol. The van der Waals surface area contributed by atoms with Gasteiger partial charge in [-0.3, -0.25) is 4.79 Å². The molecule has 0 radical (unpaired) electrons. The van der Waals surface area contributed by atoms with Gasteiger partial charge in [0.15, 0.2) is 0 Å². The van der Waals surface area contributed by atoms with Gasteiger partial charge in [0.1, 0.15) is 10.6 Å². The third kappa shape index (κ3) is 7.71. The molecule has 36 heavy (non-hydrogen) atoms. The van der Waals surface area contributed by atoms with Crippen molar-refractivity contribution < 1.29 is 30.6 Å². The number of carbonyl (C=O) groups is 1. The number of amides is 1. The molecule has 0 fully saturated rings. The van der Waals surface area contributed by atoms with E-state index in [1.807, 2.05) is 44.2 Å². The Morgan fingerprint density at radius 2 is 1.64 bits per heavy atom. The average molecular weight is 518 g/mol. The molecule has 0 aromatic heterocycles. The minimum atomic E-state index is -4.68. The molecule has 190 valence electrons. The van der Waals surface area contributed by atoms with Crippen molar-refractivity contribution in [3.05, 3.63) is 102 Å². The Labute approximate surface area is 209 Å². The summed E-state index contributed by atoms with van der Waals surface area (Å²) in [5, 5.41) is 0. The molecule has 0 aliphatic carbocycles. The molecule has 0 aliphatic rings. The van der Waals surface area contributed by atoms with Crippen molar-refractivity contribution in [3.8, 4) is 5.75 Å². The molecule has 0 aliphatic heterocycles. The molecule has 5 nitrogen and oxygen atoms in total. The number of alkyl halides is 3. The highest BCUT2D eigenvalue weighted by atomic mass is 32.2. The predicted molar refractivity (Wildman–Crippen MR) is 131 cm³/mol. The summed E-state index contributed by atoms with van der Waals surface area (Å²) in [4.78, 5) is 13.9. The molecule has 0 N–H and O–H groups in total. The molecule has 0 saturated carbocycles. The van der Waals surface area contributed by atoms with Crippen molar-refractivity contribution >= 4 is 22.1 Å². The molecule has 0 atom stereocenters. The molecular formula is C27H26F3NO4S. The van der Waals surface area contributed by atoms with Crippen LogP contribution in [0.2, 0.25) is 0 Å². The highest BCUT2D eigenvalue weighted by Gasteiger charge is 2.32. The number of halogens is 3. The largest absolute Gasteiger partial charge is 0.416 e. The van der Waals surface area contributed by atoms with Gasteiger partial charge >= 0.3 is 16.3 Å². The number of rotatable bonds is 9. The molecule has 0 saturated heterocycles. The summed E-state index contributed by atoms with van der Waals surface area (Å²) in [6.07, 6.45) is -1.43. The molecule has 0 spiro atoms. The van der Waals surface area contributed by atoms with Gasteiger partial charge in [-0.25, -0.2) is 0 Å². The molecule has 0 heterocycles. The van der Waals surface area contributed by atoms with Crippen LogP contribution >= 0.6 is 0 Å². The first-order valence-corrected chi connectivity index (χ1v) is 12.6. The summed E-state index contributed by atoms with van der Waals surface area (Å²) in [6, 6.07) is 18.8. The zero-order chi connectivity index (χ0) is 26.3. The average Bonchev–Trinajstić information content (AvgIpc) is 2.83. The molecule has 3 rings (SSSR count). The van der Waals surface area contributed by atoms with Gasteiger partial charge in [0.25, 0.3) is 0 Å². The van der Waals surface area contributed by atoms with Crippen molar-refractivity contribution in [2.24, 2.45) is 5.92 Å². The van der Waals surface area contributed by atoms with Gasteiger partial charge < -0.3 is 9.08 Å². The van der Waals surface area contributed by atoms with Gasteiger partial charge in [0.2, 0.25) is 5.91 Å². The first-order chi connectivity index (χ1) is 16.9. The summed E-state index contributed by atoms with van der Waals surface area (Å²) in [5.41, 5.74) is 0.554. The van der Waals surface area contributed by atoms with Crippen LogP contribution < -0.4 is 4.18 Å². The lowest BCUT2D eigenvalue weighted by Gasteiger charge is -2.23. The summed E-state index contributed by atoms with van der Waals surface area (Å²) in [5.74, 6) is 0.00108. The highest BCUT2D eigenvalue weighted by molar-refractivity contribution is 7.87. The van der Waals surface area contributed by atoms with Crippen molar-refractivity contribution in [2.75, 3.05) is 6.54 Å². The third-order valence-electron chi connectivity index (χ3n) is 5.07. The van der Waals surface area contributed by atoms with Crippen LogP contribution in [0.25, 0.3) is 6.08 Å².